The fourth-order valence-corrected chi connectivity index (χ4v) is 5.53. The number of amides is 1. The molecule has 1 N–H and O–H groups in total. The van der Waals surface area contributed by atoms with Gasteiger partial charge in [-0.15, -0.1) is 11.3 Å². The van der Waals surface area contributed by atoms with Crippen LogP contribution in [0.15, 0.2) is 64.9 Å². The summed E-state index contributed by atoms with van der Waals surface area (Å²) < 4.78 is 53.8. The average molecular weight is 442 g/mol. The zero-order chi connectivity index (χ0) is 20.3. The second kappa shape index (κ2) is 8.38. The predicted molar refractivity (Wildman–Crippen MR) is 104 cm³/mol. The smallest absolute Gasteiger partial charge is 0.257 e. The first-order valence-electron chi connectivity index (χ1n) is 8.06. The molecule has 3 rings (SSSR count). The molecular weight excluding hydrogens is 428 g/mol. The minimum absolute atomic E-state index is 0.0293. The van der Waals surface area contributed by atoms with E-state index in [2.05, 4.69) is 5.32 Å². The first-order chi connectivity index (χ1) is 13.3. The maximum absolute atomic E-state index is 13.8. The van der Waals surface area contributed by atoms with Crippen molar-refractivity contribution in [2.24, 2.45) is 0 Å². The van der Waals surface area contributed by atoms with E-state index in [0.717, 1.165) is 18.2 Å². The number of sulfone groups is 1. The van der Waals surface area contributed by atoms with Crippen LogP contribution < -0.4 is 5.32 Å². The lowest BCUT2D eigenvalue weighted by Crippen LogP contribution is -2.32. The molecule has 0 aliphatic heterocycles. The number of benzene rings is 2. The van der Waals surface area contributed by atoms with Crippen molar-refractivity contribution in [1.82, 2.24) is 5.32 Å². The zero-order valence-electron chi connectivity index (χ0n) is 14.2. The van der Waals surface area contributed by atoms with E-state index in [0.29, 0.717) is 9.90 Å². The number of carbonyl (C=O) groups excluding carboxylic acids is 1. The molecule has 0 spiro atoms. The number of hydrogen-bond acceptors (Lipinski definition) is 4. The van der Waals surface area contributed by atoms with Gasteiger partial charge in [-0.25, -0.2) is 17.2 Å². The SMILES string of the molecule is O=C(NCC(c1cccs1)S(=O)(=O)c1ccc(Cl)cc1)c1c(F)cccc1F. The summed E-state index contributed by atoms with van der Waals surface area (Å²) in [6, 6.07) is 12.0. The maximum atomic E-state index is 13.8. The molecule has 0 radical (unpaired) electrons. The molecule has 1 heterocycles. The Hall–Kier alpha value is -2.29. The number of rotatable bonds is 6. The van der Waals surface area contributed by atoms with Crippen LogP contribution in [0.5, 0.6) is 0 Å². The van der Waals surface area contributed by atoms with E-state index in [1.54, 1.807) is 17.5 Å². The summed E-state index contributed by atoms with van der Waals surface area (Å²) in [7, 11) is -3.89. The molecular formula is C19H14ClF2NO3S2. The van der Waals surface area contributed by atoms with Gasteiger partial charge >= 0.3 is 0 Å². The maximum Gasteiger partial charge on any atom is 0.257 e. The van der Waals surface area contributed by atoms with E-state index in [-0.39, 0.29) is 11.4 Å². The van der Waals surface area contributed by atoms with Crippen LogP contribution in [-0.4, -0.2) is 20.9 Å². The van der Waals surface area contributed by atoms with Gasteiger partial charge < -0.3 is 5.32 Å². The molecule has 2 aromatic carbocycles. The fourth-order valence-electron chi connectivity index (χ4n) is 2.61. The van der Waals surface area contributed by atoms with Crippen LogP contribution in [0.25, 0.3) is 0 Å². The van der Waals surface area contributed by atoms with Crippen molar-refractivity contribution < 1.29 is 22.0 Å². The van der Waals surface area contributed by atoms with Crippen molar-refractivity contribution in [2.75, 3.05) is 6.54 Å². The molecule has 0 aliphatic rings. The van der Waals surface area contributed by atoms with Crippen LogP contribution >= 0.6 is 22.9 Å². The van der Waals surface area contributed by atoms with Crippen LogP contribution in [0.1, 0.15) is 20.5 Å². The first-order valence-corrected chi connectivity index (χ1v) is 10.9. The van der Waals surface area contributed by atoms with E-state index < -0.39 is 38.2 Å². The van der Waals surface area contributed by atoms with Crippen LogP contribution in [0.4, 0.5) is 8.78 Å². The molecule has 3 aromatic rings. The molecule has 0 saturated carbocycles. The van der Waals surface area contributed by atoms with Gasteiger partial charge in [0.25, 0.3) is 5.91 Å². The third-order valence-electron chi connectivity index (χ3n) is 4.02. The summed E-state index contributed by atoms with van der Waals surface area (Å²) in [5, 5.41) is 3.31. The number of thiophene rings is 1. The largest absolute Gasteiger partial charge is 0.350 e. The van der Waals surface area contributed by atoms with Crippen LogP contribution in [0.3, 0.4) is 0 Å². The Kier molecular flexibility index (Phi) is 6.12. The Balaban J connectivity index is 1.90. The number of carbonyl (C=O) groups is 1. The number of halogens is 3. The van der Waals surface area contributed by atoms with E-state index >= 15 is 0 Å². The highest BCUT2D eigenvalue weighted by Gasteiger charge is 2.31. The summed E-state index contributed by atoms with van der Waals surface area (Å²) in [6.07, 6.45) is 0. The highest BCUT2D eigenvalue weighted by atomic mass is 35.5. The van der Waals surface area contributed by atoms with Crippen molar-refractivity contribution in [2.45, 2.75) is 10.1 Å². The molecule has 0 bridgehead atoms. The molecule has 28 heavy (non-hydrogen) atoms. The highest BCUT2D eigenvalue weighted by molar-refractivity contribution is 7.91. The monoisotopic (exact) mass is 441 g/mol. The van der Waals surface area contributed by atoms with Gasteiger partial charge in [0.15, 0.2) is 9.84 Å². The molecule has 1 atom stereocenters. The Morgan fingerprint density at radius 3 is 2.25 bits per heavy atom. The van der Waals surface area contributed by atoms with Crippen LogP contribution in [0, 0.1) is 11.6 Å². The molecule has 1 amide bonds. The summed E-state index contributed by atoms with van der Waals surface area (Å²) in [4.78, 5) is 12.8. The van der Waals surface area contributed by atoms with Gasteiger partial charge in [-0.1, -0.05) is 23.7 Å². The Labute approximate surface area is 169 Å². The Morgan fingerprint density at radius 2 is 1.68 bits per heavy atom. The lowest BCUT2D eigenvalue weighted by Gasteiger charge is -2.18. The Bertz CT molecular complexity index is 1060. The van der Waals surface area contributed by atoms with Gasteiger partial charge in [-0.2, -0.15) is 0 Å². The summed E-state index contributed by atoms with van der Waals surface area (Å²) in [5.41, 5.74) is -0.753. The standard InChI is InChI=1S/C19H14ClF2NO3S2/c20-12-6-8-13(9-7-12)28(25,26)17(16-5-2-10-27-16)11-23-19(24)18-14(21)3-1-4-15(18)22/h1-10,17H,11H2,(H,23,24). The van der Waals surface area contributed by atoms with Crippen molar-refractivity contribution in [3.8, 4) is 0 Å². The van der Waals surface area contributed by atoms with Gasteiger partial charge in [0, 0.05) is 16.4 Å². The van der Waals surface area contributed by atoms with E-state index in [4.69, 9.17) is 11.6 Å². The molecule has 1 aromatic heterocycles. The Morgan fingerprint density at radius 1 is 1.04 bits per heavy atom. The minimum atomic E-state index is -3.89. The van der Waals surface area contributed by atoms with Crippen LogP contribution in [-0.2, 0) is 9.84 Å². The molecule has 9 heteroatoms. The molecule has 0 fully saturated rings. The molecule has 1 unspecified atom stereocenters. The average Bonchev–Trinajstić information content (AvgIpc) is 3.16. The minimum Gasteiger partial charge on any atom is -0.350 e. The highest BCUT2D eigenvalue weighted by Crippen LogP contribution is 2.32. The van der Waals surface area contributed by atoms with Gasteiger partial charge in [-0.05, 0) is 47.8 Å². The third-order valence-corrected chi connectivity index (χ3v) is 7.50. The summed E-state index contributed by atoms with van der Waals surface area (Å²) in [5.74, 6) is -3.07. The van der Waals surface area contributed by atoms with Crippen molar-refractivity contribution >= 4 is 38.7 Å². The van der Waals surface area contributed by atoms with Crippen molar-refractivity contribution in [3.63, 3.8) is 0 Å². The number of hydrogen-bond donors (Lipinski definition) is 1. The zero-order valence-corrected chi connectivity index (χ0v) is 16.6. The molecule has 4 nitrogen and oxygen atoms in total. The van der Waals surface area contributed by atoms with Gasteiger partial charge in [0.1, 0.15) is 22.4 Å². The fraction of sp³-hybridized carbons (Fsp3) is 0.105. The van der Waals surface area contributed by atoms with E-state index in [1.165, 1.54) is 35.6 Å². The second-order valence-corrected chi connectivity index (χ2v) is 9.36. The van der Waals surface area contributed by atoms with Gasteiger partial charge in [-0.3, -0.25) is 4.79 Å². The normalized spacial score (nSPS) is 12.5. The van der Waals surface area contributed by atoms with Crippen molar-refractivity contribution in [1.29, 1.82) is 0 Å². The number of nitrogens with one attached hydrogen (secondary N) is 1. The lowest BCUT2D eigenvalue weighted by molar-refractivity contribution is 0.0945. The quantitative estimate of drug-likeness (QED) is 0.606. The first kappa shape index (κ1) is 20.4. The molecule has 146 valence electrons. The van der Waals surface area contributed by atoms with Gasteiger partial charge in [0.05, 0.1) is 4.90 Å². The van der Waals surface area contributed by atoms with E-state index in [1.807, 2.05) is 0 Å². The van der Waals surface area contributed by atoms with Gasteiger partial charge in [0.2, 0.25) is 0 Å². The lowest BCUT2D eigenvalue weighted by atomic mass is 10.2. The topological polar surface area (TPSA) is 63.2 Å². The predicted octanol–water partition coefficient (Wildman–Crippen LogP) is 4.62. The third kappa shape index (κ3) is 4.24. The summed E-state index contributed by atoms with van der Waals surface area (Å²) >= 11 is 7.03. The second-order valence-electron chi connectivity index (χ2n) is 5.81. The molecule has 0 aliphatic carbocycles. The molecule has 0 saturated heterocycles. The van der Waals surface area contributed by atoms with Crippen molar-refractivity contribution in [3.05, 3.63) is 87.1 Å². The van der Waals surface area contributed by atoms with Crippen LogP contribution in [0.2, 0.25) is 5.02 Å². The van der Waals surface area contributed by atoms with E-state index in [9.17, 15) is 22.0 Å². The summed E-state index contributed by atoms with van der Waals surface area (Å²) in [6.45, 7) is -0.349.